The van der Waals surface area contributed by atoms with Gasteiger partial charge in [0.2, 0.25) is 15.9 Å². The van der Waals surface area contributed by atoms with E-state index in [4.69, 9.17) is 0 Å². The van der Waals surface area contributed by atoms with Crippen molar-refractivity contribution >= 4 is 15.9 Å². The Kier molecular flexibility index (Phi) is 5.44. The van der Waals surface area contributed by atoms with Crippen LogP contribution < -0.4 is 4.72 Å². The monoisotopic (exact) mass is 416 g/mol. The Bertz CT molecular complexity index is 1010. The summed E-state index contributed by atoms with van der Waals surface area (Å²) >= 11 is 0. The van der Waals surface area contributed by atoms with Crippen molar-refractivity contribution in [2.75, 3.05) is 19.3 Å². The number of hydrogen-bond acceptors (Lipinski definition) is 3. The van der Waals surface area contributed by atoms with Gasteiger partial charge in [0.15, 0.2) is 0 Å². The first-order valence-corrected chi connectivity index (χ1v) is 11.8. The predicted molar refractivity (Wildman–Crippen MR) is 110 cm³/mol. The van der Waals surface area contributed by atoms with Gasteiger partial charge in [-0.05, 0) is 54.0 Å². The van der Waals surface area contributed by atoms with Gasteiger partial charge in [-0.2, -0.15) is 0 Å². The minimum atomic E-state index is -3.30. The van der Waals surface area contributed by atoms with E-state index in [0.29, 0.717) is 13.1 Å². The second kappa shape index (κ2) is 7.88. The normalized spacial score (nSPS) is 24.3. The minimum absolute atomic E-state index is 0.0679. The van der Waals surface area contributed by atoms with Gasteiger partial charge >= 0.3 is 0 Å². The maximum atomic E-state index is 13.9. The van der Waals surface area contributed by atoms with Crippen molar-refractivity contribution in [3.8, 4) is 11.1 Å². The second-order valence-corrected chi connectivity index (χ2v) is 9.84. The Morgan fingerprint density at radius 1 is 1.17 bits per heavy atom. The summed E-state index contributed by atoms with van der Waals surface area (Å²) in [7, 11) is -3.30. The van der Waals surface area contributed by atoms with Crippen molar-refractivity contribution in [2.24, 2.45) is 5.92 Å². The van der Waals surface area contributed by atoms with Crippen LogP contribution in [0.15, 0.2) is 48.5 Å². The zero-order chi connectivity index (χ0) is 20.6. The van der Waals surface area contributed by atoms with Crippen molar-refractivity contribution < 1.29 is 17.6 Å². The lowest BCUT2D eigenvalue weighted by Crippen LogP contribution is -2.49. The molecule has 1 heterocycles. The SMILES string of the molecule is CS(=O)(=O)NC1CCCN(C(=O)C2CC2c2ccc(F)cc2-c2ccccc2)C1. The van der Waals surface area contributed by atoms with Crippen molar-refractivity contribution in [3.63, 3.8) is 0 Å². The van der Waals surface area contributed by atoms with E-state index in [0.717, 1.165) is 42.2 Å². The zero-order valence-corrected chi connectivity index (χ0v) is 17.2. The highest BCUT2D eigenvalue weighted by Gasteiger charge is 2.47. The summed E-state index contributed by atoms with van der Waals surface area (Å²) in [5, 5.41) is 0. The fourth-order valence-corrected chi connectivity index (χ4v) is 5.14. The summed E-state index contributed by atoms with van der Waals surface area (Å²) in [5.74, 6) is -0.276. The lowest BCUT2D eigenvalue weighted by molar-refractivity contribution is -0.133. The molecule has 0 radical (unpaired) electrons. The molecule has 2 aromatic rings. The number of nitrogens with one attached hydrogen (secondary N) is 1. The summed E-state index contributed by atoms with van der Waals surface area (Å²) in [6, 6.07) is 14.2. The number of piperidine rings is 1. The molecule has 154 valence electrons. The third kappa shape index (κ3) is 4.67. The number of sulfonamides is 1. The summed E-state index contributed by atoms with van der Waals surface area (Å²) in [6.45, 7) is 1.06. The average Bonchev–Trinajstić information content (AvgIpc) is 3.47. The van der Waals surface area contributed by atoms with E-state index in [9.17, 15) is 17.6 Å². The molecule has 1 N–H and O–H groups in total. The molecule has 1 aliphatic heterocycles. The van der Waals surface area contributed by atoms with E-state index < -0.39 is 10.0 Å². The summed E-state index contributed by atoms with van der Waals surface area (Å²) in [6.07, 6.45) is 3.40. The summed E-state index contributed by atoms with van der Waals surface area (Å²) in [4.78, 5) is 14.8. The fraction of sp³-hybridized carbons (Fsp3) is 0.409. The Balaban J connectivity index is 1.50. The van der Waals surface area contributed by atoms with Crippen LogP contribution in [0.1, 0.15) is 30.7 Å². The number of carbonyl (C=O) groups is 1. The quantitative estimate of drug-likeness (QED) is 0.814. The molecule has 0 spiro atoms. The highest BCUT2D eigenvalue weighted by atomic mass is 32.2. The molecule has 7 heteroatoms. The minimum Gasteiger partial charge on any atom is -0.341 e. The first-order valence-electron chi connectivity index (χ1n) is 9.93. The number of halogens is 1. The number of amides is 1. The number of nitrogens with zero attached hydrogens (tertiary/aromatic N) is 1. The Labute approximate surface area is 171 Å². The van der Waals surface area contributed by atoms with Gasteiger partial charge in [0.05, 0.1) is 6.26 Å². The molecular weight excluding hydrogens is 391 g/mol. The molecule has 0 bridgehead atoms. The van der Waals surface area contributed by atoms with Gasteiger partial charge in [-0.25, -0.2) is 17.5 Å². The first-order chi connectivity index (χ1) is 13.8. The Hall–Kier alpha value is -2.25. The van der Waals surface area contributed by atoms with E-state index in [-0.39, 0.29) is 29.6 Å². The van der Waals surface area contributed by atoms with Crippen LogP contribution in [0.4, 0.5) is 4.39 Å². The topological polar surface area (TPSA) is 66.5 Å². The van der Waals surface area contributed by atoms with Crippen molar-refractivity contribution in [1.82, 2.24) is 9.62 Å². The van der Waals surface area contributed by atoms with Crippen LogP contribution in [-0.4, -0.2) is 44.6 Å². The lowest BCUT2D eigenvalue weighted by Gasteiger charge is -2.33. The van der Waals surface area contributed by atoms with Gasteiger partial charge in [0.25, 0.3) is 0 Å². The second-order valence-electron chi connectivity index (χ2n) is 8.06. The third-order valence-corrected chi connectivity index (χ3v) is 6.48. The van der Waals surface area contributed by atoms with E-state index in [1.54, 1.807) is 11.0 Å². The molecule has 29 heavy (non-hydrogen) atoms. The third-order valence-electron chi connectivity index (χ3n) is 5.72. The Morgan fingerprint density at radius 3 is 2.66 bits per heavy atom. The van der Waals surface area contributed by atoms with E-state index in [2.05, 4.69) is 4.72 Å². The van der Waals surface area contributed by atoms with Crippen LogP contribution in [0.2, 0.25) is 0 Å². The van der Waals surface area contributed by atoms with Crippen LogP contribution in [-0.2, 0) is 14.8 Å². The zero-order valence-electron chi connectivity index (χ0n) is 16.3. The van der Waals surface area contributed by atoms with Crippen molar-refractivity contribution in [3.05, 3.63) is 59.9 Å². The van der Waals surface area contributed by atoms with Crippen LogP contribution in [0.5, 0.6) is 0 Å². The first kappa shape index (κ1) is 20.0. The van der Waals surface area contributed by atoms with Gasteiger partial charge in [0.1, 0.15) is 5.82 Å². The van der Waals surface area contributed by atoms with Crippen LogP contribution in [0.3, 0.4) is 0 Å². The number of benzene rings is 2. The number of hydrogen-bond donors (Lipinski definition) is 1. The van der Waals surface area contributed by atoms with E-state index in [1.807, 2.05) is 30.3 Å². The summed E-state index contributed by atoms with van der Waals surface area (Å²) < 4.78 is 39.6. The number of rotatable bonds is 5. The van der Waals surface area contributed by atoms with Crippen LogP contribution in [0, 0.1) is 11.7 Å². The highest BCUT2D eigenvalue weighted by Crippen LogP contribution is 2.51. The van der Waals surface area contributed by atoms with Gasteiger partial charge in [-0.3, -0.25) is 4.79 Å². The molecule has 5 nitrogen and oxygen atoms in total. The van der Waals surface area contributed by atoms with Gasteiger partial charge in [0, 0.05) is 25.0 Å². The van der Waals surface area contributed by atoms with Gasteiger partial charge < -0.3 is 4.90 Å². The molecule has 2 aromatic carbocycles. The maximum absolute atomic E-state index is 13.9. The molecule has 0 aromatic heterocycles. The van der Waals surface area contributed by atoms with Gasteiger partial charge in [-0.1, -0.05) is 36.4 Å². The fourth-order valence-electron chi connectivity index (χ4n) is 4.34. The predicted octanol–water partition coefficient (Wildman–Crippen LogP) is 3.14. The molecule has 2 aliphatic rings. The van der Waals surface area contributed by atoms with E-state index in [1.165, 1.54) is 12.1 Å². The molecule has 3 atom stereocenters. The molecule has 1 aliphatic carbocycles. The molecule has 1 saturated carbocycles. The summed E-state index contributed by atoms with van der Waals surface area (Å²) in [5.41, 5.74) is 2.77. The lowest BCUT2D eigenvalue weighted by atomic mass is 9.95. The van der Waals surface area contributed by atoms with Crippen LogP contribution in [0.25, 0.3) is 11.1 Å². The van der Waals surface area contributed by atoms with Crippen molar-refractivity contribution in [1.29, 1.82) is 0 Å². The number of likely N-dealkylation sites (tertiary alicyclic amines) is 1. The smallest absolute Gasteiger partial charge is 0.226 e. The Morgan fingerprint density at radius 2 is 1.93 bits per heavy atom. The number of carbonyl (C=O) groups excluding carboxylic acids is 1. The molecule has 3 unspecified atom stereocenters. The largest absolute Gasteiger partial charge is 0.341 e. The van der Waals surface area contributed by atoms with Crippen LogP contribution >= 0.6 is 0 Å². The standard InChI is InChI=1S/C22H25FN2O3S/c1-29(27,28)24-17-8-5-11-25(14-17)22(26)21-13-20(21)18-10-9-16(23)12-19(18)15-6-3-2-4-7-15/h2-4,6-7,9-10,12,17,20-21,24H,5,8,11,13-14H2,1H3. The highest BCUT2D eigenvalue weighted by molar-refractivity contribution is 7.88. The van der Waals surface area contributed by atoms with Crippen molar-refractivity contribution in [2.45, 2.75) is 31.2 Å². The van der Waals surface area contributed by atoms with E-state index >= 15 is 0 Å². The molecule has 1 amide bonds. The molecule has 4 rings (SSSR count). The molecular formula is C22H25FN2O3S. The van der Waals surface area contributed by atoms with Gasteiger partial charge in [-0.15, -0.1) is 0 Å². The molecule has 1 saturated heterocycles. The molecule has 2 fully saturated rings. The maximum Gasteiger partial charge on any atom is 0.226 e. The average molecular weight is 417 g/mol.